The number of carbonyl (C=O) groups is 2. The van der Waals surface area contributed by atoms with E-state index in [1.165, 1.54) is 6.42 Å². The van der Waals surface area contributed by atoms with E-state index in [1.807, 2.05) is 18.7 Å². The SMILES string of the molecule is CC(C)C(=O)CCCCC(=O)N1CCCCC1. The highest BCUT2D eigenvalue weighted by atomic mass is 16.2. The maximum absolute atomic E-state index is 11.8. The van der Waals surface area contributed by atoms with Crippen LogP contribution in [-0.2, 0) is 9.59 Å². The zero-order valence-electron chi connectivity index (χ0n) is 11.2. The summed E-state index contributed by atoms with van der Waals surface area (Å²) < 4.78 is 0. The minimum atomic E-state index is 0.132. The lowest BCUT2D eigenvalue weighted by Crippen LogP contribution is -2.35. The van der Waals surface area contributed by atoms with Crippen molar-refractivity contribution in [1.29, 1.82) is 0 Å². The molecule has 1 fully saturated rings. The standard InChI is InChI=1S/C14H25NO2/c1-12(2)13(16)8-4-5-9-14(17)15-10-6-3-7-11-15/h12H,3-11H2,1-2H3. The van der Waals surface area contributed by atoms with E-state index in [4.69, 9.17) is 0 Å². The summed E-state index contributed by atoms with van der Waals surface area (Å²) in [5, 5.41) is 0. The largest absolute Gasteiger partial charge is 0.343 e. The number of Topliss-reactive ketones (excluding diaryl/α,β-unsaturated/α-hetero) is 1. The molecule has 0 N–H and O–H groups in total. The van der Waals surface area contributed by atoms with E-state index in [-0.39, 0.29) is 11.8 Å². The van der Waals surface area contributed by atoms with Crippen LogP contribution in [0.3, 0.4) is 0 Å². The van der Waals surface area contributed by atoms with Crippen LogP contribution in [0, 0.1) is 5.92 Å². The van der Waals surface area contributed by atoms with Gasteiger partial charge in [-0.2, -0.15) is 0 Å². The van der Waals surface area contributed by atoms with Gasteiger partial charge in [0.05, 0.1) is 0 Å². The molecular formula is C14H25NO2. The van der Waals surface area contributed by atoms with E-state index in [0.717, 1.165) is 38.8 Å². The second kappa shape index (κ2) is 7.46. The molecule has 0 aromatic carbocycles. The smallest absolute Gasteiger partial charge is 0.222 e. The lowest BCUT2D eigenvalue weighted by molar-refractivity contribution is -0.132. The van der Waals surface area contributed by atoms with Crippen molar-refractivity contribution in [3.05, 3.63) is 0 Å². The molecule has 0 aromatic heterocycles. The minimum Gasteiger partial charge on any atom is -0.343 e. The first-order chi connectivity index (χ1) is 8.11. The number of ketones is 1. The van der Waals surface area contributed by atoms with Crippen LogP contribution in [0.25, 0.3) is 0 Å². The molecule has 0 aromatic rings. The summed E-state index contributed by atoms with van der Waals surface area (Å²) in [6.07, 6.45) is 6.52. The van der Waals surface area contributed by atoms with Crippen LogP contribution in [-0.4, -0.2) is 29.7 Å². The fraction of sp³-hybridized carbons (Fsp3) is 0.857. The number of carbonyl (C=O) groups excluding carboxylic acids is 2. The van der Waals surface area contributed by atoms with Crippen molar-refractivity contribution in [2.45, 2.75) is 58.8 Å². The van der Waals surface area contributed by atoms with E-state index in [9.17, 15) is 9.59 Å². The molecule has 1 aliphatic rings. The first-order valence-electron chi connectivity index (χ1n) is 6.91. The van der Waals surface area contributed by atoms with Crippen LogP contribution in [0.2, 0.25) is 0 Å². The Labute approximate surface area is 105 Å². The highest BCUT2D eigenvalue weighted by Gasteiger charge is 2.15. The number of hydrogen-bond donors (Lipinski definition) is 0. The van der Waals surface area contributed by atoms with Crippen molar-refractivity contribution in [1.82, 2.24) is 4.90 Å². The molecule has 0 spiro atoms. The Morgan fingerprint density at radius 3 is 2.18 bits per heavy atom. The lowest BCUT2D eigenvalue weighted by Gasteiger charge is -2.26. The molecule has 3 nitrogen and oxygen atoms in total. The van der Waals surface area contributed by atoms with Crippen LogP contribution in [0.5, 0.6) is 0 Å². The van der Waals surface area contributed by atoms with Crippen LogP contribution >= 0.6 is 0 Å². The first-order valence-corrected chi connectivity index (χ1v) is 6.91. The number of likely N-dealkylation sites (tertiary alicyclic amines) is 1. The van der Waals surface area contributed by atoms with Crippen molar-refractivity contribution >= 4 is 11.7 Å². The van der Waals surface area contributed by atoms with Crippen LogP contribution in [0.1, 0.15) is 58.8 Å². The van der Waals surface area contributed by atoms with Crippen molar-refractivity contribution < 1.29 is 9.59 Å². The third-order valence-corrected chi connectivity index (χ3v) is 3.42. The molecule has 17 heavy (non-hydrogen) atoms. The number of unbranched alkanes of at least 4 members (excludes halogenated alkanes) is 1. The summed E-state index contributed by atoms with van der Waals surface area (Å²) in [7, 11) is 0. The summed E-state index contributed by atoms with van der Waals surface area (Å²) in [5.41, 5.74) is 0. The fourth-order valence-corrected chi connectivity index (χ4v) is 2.17. The topological polar surface area (TPSA) is 37.4 Å². The molecule has 0 radical (unpaired) electrons. The molecule has 0 unspecified atom stereocenters. The molecule has 0 bridgehead atoms. The van der Waals surface area contributed by atoms with Crippen LogP contribution in [0.4, 0.5) is 0 Å². The Hall–Kier alpha value is -0.860. The molecule has 98 valence electrons. The summed E-state index contributed by atoms with van der Waals surface area (Å²) >= 11 is 0. The van der Waals surface area contributed by atoms with Gasteiger partial charge in [0.15, 0.2) is 0 Å². The van der Waals surface area contributed by atoms with Crippen molar-refractivity contribution in [2.24, 2.45) is 5.92 Å². The van der Waals surface area contributed by atoms with Gasteiger partial charge in [0.1, 0.15) is 5.78 Å². The van der Waals surface area contributed by atoms with Gasteiger partial charge in [-0.25, -0.2) is 0 Å². The van der Waals surface area contributed by atoms with E-state index >= 15 is 0 Å². The Kier molecular flexibility index (Phi) is 6.23. The average Bonchev–Trinajstić information content (AvgIpc) is 2.35. The maximum atomic E-state index is 11.8. The third-order valence-electron chi connectivity index (χ3n) is 3.42. The fourth-order valence-electron chi connectivity index (χ4n) is 2.17. The summed E-state index contributed by atoms with van der Waals surface area (Å²) in [6.45, 7) is 5.73. The second-order valence-corrected chi connectivity index (χ2v) is 5.27. The zero-order valence-corrected chi connectivity index (χ0v) is 11.2. The lowest BCUT2D eigenvalue weighted by atomic mass is 10.0. The Balaban J connectivity index is 2.09. The molecule has 1 saturated heterocycles. The van der Waals surface area contributed by atoms with Crippen molar-refractivity contribution in [2.75, 3.05) is 13.1 Å². The van der Waals surface area contributed by atoms with Gasteiger partial charge in [0.25, 0.3) is 0 Å². The highest BCUT2D eigenvalue weighted by molar-refractivity contribution is 5.80. The molecule has 0 atom stereocenters. The number of rotatable bonds is 6. The van der Waals surface area contributed by atoms with Crippen LogP contribution < -0.4 is 0 Å². The minimum absolute atomic E-state index is 0.132. The summed E-state index contributed by atoms with van der Waals surface area (Å²) in [6, 6.07) is 0. The molecule has 3 heteroatoms. The van der Waals surface area contributed by atoms with Gasteiger partial charge in [-0.15, -0.1) is 0 Å². The zero-order chi connectivity index (χ0) is 12.7. The quantitative estimate of drug-likeness (QED) is 0.668. The predicted octanol–water partition coefficient (Wildman–Crippen LogP) is 2.78. The molecule has 0 aliphatic carbocycles. The Morgan fingerprint density at radius 1 is 1.00 bits per heavy atom. The number of hydrogen-bond acceptors (Lipinski definition) is 2. The van der Waals surface area contributed by atoms with E-state index in [2.05, 4.69) is 0 Å². The van der Waals surface area contributed by atoms with Gasteiger partial charge in [0.2, 0.25) is 5.91 Å². The van der Waals surface area contributed by atoms with Gasteiger partial charge >= 0.3 is 0 Å². The summed E-state index contributed by atoms with van der Waals surface area (Å²) in [4.78, 5) is 25.2. The summed E-state index contributed by atoms with van der Waals surface area (Å²) in [5.74, 6) is 0.727. The molecule has 1 rings (SSSR count). The van der Waals surface area contributed by atoms with Gasteiger partial charge in [-0.3, -0.25) is 9.59 Å². The highest BCUT2D eigenvalue weighted by Crippen LogP contribution is 2.12. The van der Waals surface area contributed by atoms with Crippen LogP contribution in [0.15, 0.2) is 0 Å². The second-order valence-electron chi connectivity index (χ2n) is 5.27. The van der Waals surface area contributed by atoms with E-state index in [1.54, 1.807) is 0 Å². The molecule has 1 aliphatic heterocycles. The van der Waals surface area contributed by atoms with Gasteiger partial charge < -0.3 is 4.90 Å². The molecule has 0 saturated carbocycles. The number of piperidine rings is 1. The first kappa shape index (κ1) is 14.2. The maximum Gasteiger partial charge on any atom is 0.222 e. The van der Waals surface area contributed by atoms with Crippen molar-refractivity contribution in [3.8, 4) is 0 Å². The van der Waals surface area contributed by atoms with Gasteiger partial charge in [0, 0.05) is 31.8 Å². The monoisotopic (exact) mass is 239 g/mol. The van der Waals surface area contributed by atoms with E-state index < -0.39 is 0 Å². The normalized spacial score (nSPS) is 16.3. The van der Waals surface area contributed by atoms with Gasteiger partial charge in [-0.1, -0.05) is 13.8 Å². The van der Waals surface area contributed by atoms with E-state index in [0.29, 0.717) is 18.6 Å². The third kappa shape index (κ3) is 5.33. The number of nitrogens with zero attached hydrogens (tertiary/aromatic N) is 1. The molecule has 1 heterocycles. The molecular weight excluding hydrogens is 214 g/mol. The Bertz CT molecular complexity index is 255. The average molecular weight is 239 g/mol. The van der Waals surface area contributed by atoms with Gasteiger partial charge in [-0.05, 0) is 32.1 Å². The van der Waals surface area contributed by atoms with Crippen molar-refractivity contribution in [3.63, 3.8) is 0 Å². The molecule has 1 amide bonds. The Morgan fingerprint density at radius 2 is 1.59 bits per heavy atom. The predicted molar refractivity (Wildman–Crippen MR) is 68.7 cm³/mol. The number of amides is 1.